The van der Waals surface area contributed by atoms with Gasteiger partial charge in [-0.15, -0.1) is 11.3 Å². The molecule has 1 aromatic heterocycles. The number of hydrogen-bond donors (Lipinski definition) is 1. The molecule has 2 heterocycles. The van der Waals surface area contributed by atoms with Gasteiger partial charge in [-0.1, -0.05) is 19.4 Å². The SMILES string of the molecule is CCCCOCCCN1C(=O)C(Nc2ccc(OC)cc2)=C(c2cccs2)C1=O. The lowest BCUT2D eigenvalue weighted by Crippen LogP contribution is -2.34. The van der Waals surface area contributed by atoms with E-state index >= 15 is 0 Å². The largest absolute Gasteiger partial charge is 0.497 e. The summed E-state index contributed by atoms with van der Waals surface area (Å²) in [5.74, 6) is 0.159. The van der Waals surface area contributed by atoms with Gasteiger partial charge in [0, 0.05) is 30.3 Å². The van der Waals surface area contributed by atoms with Crippen LogP contribution in [0, 0.1) is 0 Å². The number of nitrogens with one attached hydrogen (secondary N) is 1. The van der Waals surface area contributed by atoms with Crippen LogP contribution < -0.4 is 10.1 Å². The van der Waals surface area contributed by atoms with Crippen LogP contribution in [0.25, 0.3) is 5.57 Å². The molecule has 0 fully saturated rings. The van der Waals surface area contributed by atoms with Crippen LogP contribution in [0.5, 0.6) is 5.75 Å². The van der Waals surface area contributed by atoms with E-state index in [1.165, 1.54) is 16.2 Å². The highest BCUT2D eigenvalue weighted by Gasteiger charge is 2.39. The second kappa shape index (κ2) is 10.2. The molecule has 0 radical (unpaired) electrons. The molecule has 2 aromatic rings. The lowest BCUT2D eigenvalue weighted by molar-refractivity contribution is -0.137. The van der Waals surface area contributed by atoms with Gasteiger partial charge in [0.15, 0.2) is 0 Å². The monoisotopic (exact) mass is 414 g/mol. The van der Waals surface area contributed by atoms with E-state index in [2.05, 4.69) is 12.2 Å². The van der Waals surface area contributed by atoms with Gasteiger partial charge in [-0.3, -0.25) is 14.5 Å². The van der Waals surface area contributed by atoms with Gasteiger partial charge < -0.3 is 14.8 Å². The third-order valence-electron chi connectivity index (χ3n) is 4.61. The number of thiophene rings is 1. The van der Waals surface area contributed by atoms with Crippen LogP contribution in [-0.4, -0.2) is 43.6 Å². The van der Waals surface area contributed by atoms with E-state index in [-0.39, 0.29) is 11.8 Å². The van der Waals surface area contributed by atoms with Gasteiger partial charge >= 0.3 is 0 Å². The summed E-state index contributed by atoms with van der Waals surface area (Å²) in [6, 6.07) is 11.0. The van der Waals surface area contributed by atoms with E-state index in [4.69, 9.17) is 9.47 Å². The summed E-state index contributed by atoms with van der Waals surface area (Å²) in [5.41, 5.74) is 1.46. The predicted octanol–water partition coefficient (Wildman–Crippen LogP) is 4.16. The lowest BCUT2D eigenvalue weighted by Gasteiger charge is -2.15. The normalized spacial score (nSPS) is 14.1. The van der Waals surface area contributed by atoms with Crippen molar-refractivity contribution in [2.75, 3.05) is 32.2 Å². The van der Waals surface area contributed by atoms with E-state index in [0.717, 1.165) is 29.2 Å². The average molecular weight is 415 g/mol. The molecule has 6 nitrogen and oxygen atoms in total. The second-order valence-corrected chi connectivity index (χ2v) is 7.61. The summed E-state index contributed by atoms with van der Waals surface area (Å²) in [5, 5.41) is 5.04. The molecule has 0 saturated carbocycles. The topological polar surface area (TPSA) is 67.9 Å². The van der Waals surface area contributed by atoms with Crippen LogP contribution in [0.15, 0.2) is 47.5 Å². The van der Waals surface area contributed by atoms with E-state index in [1.807, 2.05) is 29.6 Å². The molecular weight excluding hydrogens is 388 g/mol. The fourth-order valence-electron chi connectivity index (χ4n) is 3.04. The van der Waals surface area contributed by atoms with Crippen molar-refractivity contribution in [3.8, 4) is 5.75 Å². The Kier molecular flexibility index (Phi) is 7.43. The zero-order valence-corrected chi connectivity index (χ0v) is 17.6. The van der Waals surface area contributed by atoms with Gasteiger partial charge in [0.1, 0.15) is 11.4 Å². The van der Waals surface area contributed by atoms with Crippen molar-refractivity contribution in [1.82, 2.24) is 4.90 Å². The maximum absolute atomic E-state index is 13.0. The van der Waals surface area contributed by atoms with Crippen molar-refractivity contribution in [3.63, 3.8) is 0 Å². The number of benzene rings is 1. The molecule has 0 saturated heterocycles. The maximum Gasteiger partial charge on any atom is 0.278 e. The van der Waals surface area contributed by atoms with E-state index in [9.17, 15) is 9.59 Å². The summed E-state index contributed by atoms with van der Waals surface area (Å²) < 4.78 is 10.7. The summed E-state index contributed by atoms with van der Waals surface area (Å²) in [7, 11) is 1.60. The van der Waals surface area contributed by atoms with E-state index < -0.39 is 0 Å². The van der Waals surface area contributed by atoms with Crippen molar-refractivity contribution in [2.45, 2.75) is 26.2 Å². The number of hydrogen-bond acceptors (Lipinski definition) is 6. The number of ether oxygens (including phenoxy) is 2. The summed E-state index contributed by atoms with van der Waals surface area (Å²) in [4.78, 5) is 28.2. The molecule has 7 heteroatoms. The first-order valence-electron chi connectivity index (χ1n) is 9.79. The molecule has 1 aliphatic rings. The van der Waals surface area contributed by atoms with Crippen molar-refractivity contribution in [1.29, 1.82) is 0 Å². The maximum atomic E-state index is 13.0. The summed E-state index contributed by atoms with van der Waals surface area (Å²) in [6.45, 7) is 3.69. The van der Waals surface area contributed by atoms with Gasteiger partial charge in [-0.25, -0.2) is 0 Å². The van der Waals surface area contributed by atoms with Crippen LogP contribution in [0.1, 0.15) is 31.1 Å². The Morgan fingerprint density at radius 3 is 2.45 bits per heavy atom. The minimum Gasteiger partial charge on any atom is -0.497 e. The number of anilines is 1. The Hall–Kier alpha value is -2.64. The van der Waals surface area contributed by atoms with Crippen molar-refractivity contribution >= 4 is 34.4 Å². The fraction of sp³-hybridized carbons (Fsp3) is 0.364. The Bertz CT molecular complexity index is 859. The number of carbonyl (C=O) groups is 2. The van der Waals surface area contributed by atoms with Crippen molar-refractivity contribution in [3.05, 3.63) is 52.4 Å². The smallest absolute Gasteiger partial charge is 0.278 e. The van der Waals surface area contributed by atoms with Crippen molar-refractivity contribution in [2.24, 2.45) is 0 Å². The fourth-order valence-corrected chi connectivity index (χ4v) is 3.80. The number of carbonyl (C=O) groups excluding carboxylic acids is 2. The number of methoxy groups -OCH3 is 1. The molecule has 1 N–H and O–H groups in total. The standard InChI is InChI=1S/C22H26N2O4S/c1-3-4-13-28-14-6-12-24-21(25)19(18-7-5-15-29-18)20(22(24)26)23-16-8-10-17(27-2)11-9-16/h5,7-11,15,23H,3-4,6,12-14H2,1-2H3. The van der Waals surface area contributed by atoms with Crippen LogP contribution in [0.3, 0.4) is 0 Å². The van der Waals surface area contributed by atoms with E-state index in [0.29, 0.717) is 37.4 Å². The molecule has 1 aliphatic heterocycles. The molecule has 2 amide bonds. The number of nitrogens with zero attached hydrogens (tertiary/aromatic N) is 1. The minimum absolute atomic E-state index is 0.262. The first-order chi connectivity index (χ1) is 14.2. The Morgan fingerprint density at radius 1 is 1.03 bits per heavy atom. The van der Waals surface area contributed by atoms with Crippen LogP contribution in [-0.2, 0) is 14.3 Å². The zero-order valence-electron chi connectivity index (χ0n) is 16.8. The van der Waals surface area contributed by atoms with Gasteiger partial charge in [0.2, 0.25) is 0 Å². The highest BCUT2D eigenvalue weighted by atomic mass is 32.1. The first kappa shape index (κ1) is 21.1. The van der Waals surface area contributed by atoms with Crippen LogP contribution >= 0.6 is 11.3 Å². The molecule has 154 valence electrons. The summed E-state index contributed by atoms with van der Waals surface area (Å²) in [6.07, 6.45) is 2.72. The van der Waals surface area contributed by atoms with Crippen LogP contribution in [0.2, 0.25) is 0 Å². The number of rotatable bonds is 11. The van der Waals surface area contributed by atoms with Gasteiger partial charge in [0.05, 0.1) is 12.7 Å². The molecule has 1 aromatic carbocycles. The molecule has 0 spiro atoms. The Morgan fingerprint density at radius 2 is 1.79 bits per heavy atom. The lowest BCUT2D eigenvalue weighted by atomic mass is 10.2. The van der Waals surface area contributed by atoms with Crippen molar-refractivity contribution < 1.29 is 19.1 Å². The quantitative estimate of drug-likeness (QED) is 0.442. The molecule has 0 aliphatic carbocycles. The molecule has 3 rings (SSSR count). The highest BCUT2D eigenvalue weighted by molar-refractivity contribution is 7.11. The van der Waals surface area contributed by atoms with Gasteiger partial charge in [-0.2, -0.15) is 0 Å². The number of imide groups is 1. The van der Waals surface area contributed by atoms with Gasteiger partial charge in [-0.05, 0) is 48.6 Å². The average Bonchev–Trinajstić information content (AvgIpc) is 3.33. The Labute approximate surface area is 175 Å². The molecular formula is C22H26N2O4S. The third-order valence-corrected chi connectivity index (χ3v) is 5.49. The van der Waals surface area contributed by atoms with Crippen LogP contribution in [0.4, 0.5) is 5.69 Å². The van der Waals surface area contributed by atoms with Gasteiger partial charge in [0.25, 0.3) is 11.8 Å². The highest BCUT2D eigenvalue weighted by Crippen LogP contribution is 2.33. The first-order valence-corrected chi connectivity index (χ1v) is 10.7. The molecule has 0 bridgehead atoms. The minimum atomic E-state index is -0.303. The zero-order chi connectivity index (χ0) is 20.6. The summed E-state index contributed by atoms with van der Waals surface area (Å²) >= 11 is 1.44. The number of unbranched alkanes of at least 4 members (excludes halogenated alkanes) is 1. The molecule has 0 unspecified atom stereocenters. The third kappa shape index (κ3) is 5.05. The Balaban J connectivity index is 1.75. The van der Waals surface area contributed by atoms with E-state index in [1.54, 1.807) is 19.2 Å². The second-order valence-electron chi connectivity index (χ2n) is 6.66. The molecule has 0 atom stereocenters. The number of amides is 2. The predicted molar refractivity (Wildman–Crippen MR) is 115 cm³/mol. The molecule has 29 heavy (non-hydrogen) atoms.